The van der Waals surface area contributed by atoms with Crippen molar-refractivity contribution in [2.45, 2.75) is 18.1 Å². The van der Waals surface area contributed by atoms with E-state index in [9.17, 15) is 0 Å². The molecule has 2 heteroatoms. The van der Waals surface area contributed by atoms with Crippen molar-refractivity contribution < 1.29 is 20.3 Å². The predicted octanol–water partition coefficient (Wildman–Crippen LogP) is 1.02. The van der Waals surface area contributed by atoms with E-state index in [4.69, 9.17) is 0 Å². The molecule has 17 heavy (non-hydrogen) atoms. The Balaban J connectivity index is 0. The third-order valence-corrected chi connectivity index (χ3v) is 7.76. The minimum Gasteiger partial charge on any atom is -1.00 e. The predicted molar refractivity (Wildman–Crippen MR) is 78.0 cm³/mol. The summed E-state index contributed by atoms with van der Waals surface area (Å²) in [5.74, 6) is 0. The molecule has 0 saturated carbocycles. The van der Waals surface area contributed by atoms with Gasteiger partial charge in [0.2, 0.25) is 0 Å². The molecule has 0 saturated heterocycles. The SMILES string of the molecule is C=CC[Si](CC=C)(CC=C)c1ccccc1.[H-].[Li+]. The molecule has 0 amide bonds. The van der Waals surface area contributed by atoms with Crippen LogP contribution in [0.4, 0.5) is 0 Å². The molecule has 0 unspecified atom stereocenters. The summed E-state index contributed by atoms with van der Waals surface area (Å²) in [6.45, 7) is 11.7. The largest absolute Gasteiger partial charge is 1.00 e. The fourth-order valence-corrected chi connectivity index (χ4v) is 5.99. The first-order chi connectivity index (χ1) is 7.79. The maximum Gasteiger partial charge on any atom is 1.00 e. The smallest absolute Gasteiger partial charge is 1.00 e. The van der Waals surface area contributed by atoms with Gasteiger partial charge in [-0.25, -0.2) is 0 Å². The van der Waals surface area contributed by atoms with Gasteiger partial charge in [-0.1, -0.05) is 53.7 Å². The van der Waals surface area contributed by atoms with Gasteiger partial charge in [0.1, 0.15) is 0 Å². The Morgan fingerprint density at radius 2 is 1.29 bits per heavy atom. The van der Waals surface area contributed by atoms with Crippen molar-refractivity contribution in [3.63, 3.8) is 0 Å². The second-order valence-corrected chi connectivity index (χ2v) is 8.49. The molecule has 1 rings (SSSR count). The number of rotatable bonds is 7. The minimum absolute atomic E-state index is 0. The minimum atomic E-state index is -1.53. The van der Waals surface area contributed by atoms with E-state index in [-0.39, 0.29) is 20.3 Å². The van der Waals surface area contributed by atoms with Crippen LogP contribution in [0.25, 0.3) is 0 Å². The van der Waals surface area contributed by atoms with Gasteiger partial charge in [-0.2, -0.15) is 0 Å². The first-order valence-corrected chi connectivity index (χ1v) is 8.29. The molecule has 1 aromatic rings. The molecule has 0 aliphatic heterocycles. The van der Waals surface area contributed by atoms with E-state index in [1.54, 1.807) is 0 Å². The summed E-state index contributed by atoms with van der Waals surface area (Å²) in [6.07, 6.45) is 6.14. The summed E-state index contributed by atoms with van der Waals surface area (Å²) in [5.41, 5.74) is 0. The molecule has 0 spiro atoms. The van der Waals surface area contributed by atoms with Gasteiger partial charge in [0.15, 0.2) is 0 Å². The van der Waals surface area contributed by atoms with E-state index in [1.807, 2.05) is 18.2 Å². The van der Waals surface area contributed by atoms with Crippen LogP contribution in [-0.4, -0.2) is 8.07 Å². The molecule has 0 aromatic heterocycles. The van der Waals surface area contributed by atoms with E-state index in [1.165, 1.54) is 5.19 Å². The number of hydrogen-bond donors (Lipinski definition) is 0. The van der Waals surface area contributed by atoms with Crippen LogP contribution in [-0.2, 0) is 0 Å². The third kappa shape index (κ3) is 4.20. The molecule has 1 aromatic carbocycles. The van der Waals surface area contributed by atoms with Crippen LogP contribution in [0.15, 0.2) is 68.3 Å². The summed E-state index contributed by atoms with van der Waals surface area (Å²) < 4.78 is 0. The van der Waals surface area contributed by atoms with Crippen molar-refractivity contribution in [2.24, 2.45) is 0 Å². The Kier molecular flexibility index (Phi) is 7.99. The number of benzene rings is 1. The molecule has 0 radical (unpaired) electrons. The molecular formula is C15H21LiSi. The maximum absolute atomic E-state index is 3.90. The molecule has 0 fully saturated rings. The summed E-state index contributed by atoms with van der Waals surface area (Å²) in [5, 5.41) is 1.48. The normalized spacial score (nSPS) is 10.1. The zero-order valence-electron chi connectivity index (χ0n) is 11.9. The molecule has 0 heterocycles. The Labute approximate surface area is 120 Å². The van der Waals surface area contributed by atoms with Crippen LogP contribution in [0.2, 0.25) is 18.1 Å². The van der Waals surface area contributed by atoms with E-state index in [0.29, 0.717) is 0 Å². The topological polar surface area (TPSA) is 0 Å². The van der Waals surface area contributed by atoms with Gasteiger partial charge in [0, 0.05) is 0 Å². The van der Waals surface area contributed by atoms with Crippen LogP contribution in [0.3, 0.4) is 0 Å². The maximum atomic E-state index is 3.90. The molecule has 0 aliphatic rings. The fraction of sp³-hybridized carbons (Fsp3) is 0.200. The van der Waals surface area contributed by atoms with Crippen LogP contribution in [0, 0.1) is 0 Å². The Hall–Kier alpha value is -0.746. The van der Waals surface area contributed by atoms with Gasteiger partial charge in [-0.3, -0.25) is 0 Å². The second kappa shape index (κ2) is 8.36. The van der Waals surface area contributed by atoms with Crippen molar-refractivity contribution in [3.8, 4) is 0 Å². The monoisotopic (exact) mass is 236 g/mol. The summed E-state index contributed by atoms with van der Waals surface area (Å²) in [6, 6.07) is 14.1. The first-order valence-electron chi connectivity index (χ1n) is 5.67. The van der Waals surface area contributed by atoms with Crippen molar-refractivity contribution >= 4 is 13.3 Å². The average Bonchev–Trinajstić information content (AvgIpc) is 2.31. The molecular weight excluding hydrogens is 215 g/mol. The molecule has 0 nitrogen and oxygen atoms in total. The van der Waals surface area contributed by atoms with Gasteiger partial charge >= 0.3 is 18.9 Å². The number of allylic oxidation sites excluding steroid dienone is 3. The van der Waals surface area contributed by atoms with E-state index >= 15 is 0 Å². The van der Waals surface area contributed by atoms with Gasteiger partial charge in [0.05, 0.1) is 8.07 Å². The van der Waals surface area contributed by atoms with E-state index in [0.717, 1.165) is 18.1 Å². The average molecular weight is 236 g/mol. The van der Waals surface area contributed by atoms with E-state index in [2.05, 4.69) is 50.1 Å². The molecule has 0 atom stereocenters. The van der Waals surface area contributed by atoms with Crippen LogP contribution in [0.5, 0.6) is 0 Å². The fourth-order valence-electron chi connectivity index (χ4n) is 2.22. The van der Waals surface area contributed by atoms with Crippen molar-refractivity contribution in [1.82, 2.24) is 0 Å². The number of hydrogen-bond acceptors (Lipinski definition) is 0. The first kappa shape index (κ1) is 16.3. The Morgan fingerprint density at radius 3 is 1.65 bits per heavy atom. The third-order valence-electron chi connectivity index (χ3n) is 2.99. The summed E-state index contributed by atoms with van der Waals surface area (Å²) in [7, 11) is -1.53. The Morgan fingerprint density at radius 1 is 0.882 bits per heavy atom. The molecule has 0 bridgehead atoms. The van der Waals surface area contributed by atoms with Crippen molar-refractivity contribution in [3.05, 3.63) is 68.3 Å². The molecule has 0 aliphatic carbocycles. The summed E-state index contributed by atoms with van der Waals surface area (Å²) >= 11 is 0. The molecule has 86 valence electrons. The van der Waals surface area contributed by atoms with Gasteiger partial charge in [-0.15, -0.1) is 19.7 Å². The van der Waals surface area contributed by atoms with Crippen LogP contribution < -0.4 is 24.0 Å². The molecule has 0 N–H and O–H groups in total. The van der Waals surface area contributed by atoms with Crippen molar-refractivity contribution in [2.75, 3.05) is 0 Å². The van der Waals surface area contributed by atoms with Gasteiger partial charge in [0.25, 0.3) is 0 Å². The van der Waals surface area contributed by atoms with Crippen molar-refractivity contribution in [1.29, 1.82) is 0 Å². The zero-order valence-corrected chi connectivity index (χ0v) is 11.9. The summed E-state index contributed by atoms with van der Waals surface area (Å²) in [4.78, 5) is 0. The van der Waals surface area contributed by atoms with Crippen LogP contribution in [0.1, 0.15) is 1.43 Å². The Bertz CT molecular complexity index is 335. The van der Waals surface area contributed by atoms with Gasteiger partial charge in [-0.05, 0) is 18.1 Å². The van der Waals surface area contributed by atoms with E-state index < -0.39 is 8.07 Å². The quantitative estimate of drug-likeness (QED) is 0.490. The van der Waals surface area contributed by atoms with Gasteiger partial charge < -0.3 is 1.43 Å². The zero-order chi connectivity index (χ0) is 11.9. The van der Waals surface area contributed by atoms with Crippen LogP contribution >= 0.6 is 0 Å². The standard InChI is InChI=1S/C15H20Si.Li.H/c1-4-12-16(13-5-2,14-6-3)15-10-8-7-9-11-15;;/h4-11H,1-3,12-14H2;;/q;+1;-1. The second-order valence-electron chi connectivity index (χ2n) is 4.12.